The van der Waals surface area contributed by atoms with Crippen molar-refractivity contribution in [3.63, 3.8) is 0 Å². The number of nitrogens with zero attached hydrogens (tertiary/aromatic N) is 2. The Morgan fingerprint density at radius 1 is 1.32 bits per heavy atom. The molecule has 0 radical (unpaired) electrons. The summed E-state index contributed by atoms with van der Waals surface area (Å²) in [7, 11) is 0. The molecule has 0 saturated carbocycles. The van der Waals surface area contributed by atoms with E-state index in [-0.39, 0.29) is 0 Å². The molecule has 19 heavy (non-hydrogen) atoms. The fourth-order valence-corrected chi connectivity index (χ4v) is 3.01. The molecule has 1 N–H and O–H groups in total. The van der Waals surface area contributed by atoms with Crippen LogP contribution in [0, 0.1) is 13.8 Å². The average Bonchev–Trinajstić information content (AvgIpc) is 2.62. The van der Waals surface area contributed by atoms with Crippen LogP contribution in [-0.2, 0) is 11.3 Å². The highest BCUT2D eigenvalue weighted by molar-refractivity contribution is 5.06. The largest absolute Gasteiger partial charge is 0.375 e. The van der Waals surface area contributed by atoms with E-state index in [0.717, 1.165) is 38.0 Å². The summed E-state index contributed by atoms with van der Waals surface area (Å²) in [6.07, 6.45) is 4.16. The van der Waals surface area contributed by atoms with Crippen molar-refractivity contribution in [2.45, 2.75) is 71.8 Å². The van der Waals surface area contributed by atoms with E-state index >= 15 is 0 Å². The zero-order chi connectivity index (χ0) is 13.8. The first-order valence-corrected chi connectivity index (χ1v) is 7.44. The second-order valence-corrected chi connectivity index (χ2v) is 5.88. The van der Waals surface area contributed by atoms with Gasteiger partial charge in [0.1, 0.15) is 0 Å². The lowest BCUT2D eigenvalue weighted by molar-refractivity contribution is -0.0420. The van der Waals surface area contributed by atoms with Crippen molar-refractivity contribution in [1.82, 2.24) is 15.1 Å². The van der Waals surface area contributed by atoms with Crippen LogP contribution in [-0.4, -0.2) is 34.6 Å². The Bertz CT molecular complexity index is 392. The molecular weight excluding hydrogens is 238 g/mol. The molecule has 1 saturated heterocycles. The minimum Gasteiger partial charge on any atom is -0.375 e. The van der Waals surface area contributed by atoms with Gasteiger partial charge in [-0.3, -0.25) is 4.68 Å². The van der Waals surface area contributed by atoms with Crippen LogP contribution in [0.2, 0.25) is 0 Å². The van der Waals surface area contributed by atoms with Crippen molar-refractivity contribution in [2.75, 3.05) is 6.54 Å². The smallest absolute Gasteiger partial charge is 0.0596 e. The first-order chi connectivity index (χ1) is 9.04. The summed E-state index contributed by atoms with van der Waals surface area (Å²) in [5.74, 6) is 0. The van der Waals surface area contributed by atoms with E-state index < -0.39 is 0 Å². The van der Waals surface area contributed by atoms with Crippen LogP contribution in [0.15, 0.2) is 6.07 Å². The van der Waals surface area contributed by atoms with Crippen LogP contribution in [0.25, 0.3) is 0 Å². The molecule has 1 aromatic rings. The SMILES string of the molecule is Cc1cc(C)n(CCCNC2CC(C)OC(C)C2)n1. The highest BCUT2D eigenvalue weighted by atomic mass is 16.5. The summed E-state index contributed by atoms with van der Waals surface area (Å²) < 4.78 is 7.86. The zero-order valence-corrected chi connectivity index (χ0v) is 12.6. The van der Waals surface area contributed by atoms with Gasteiger partial charge in [0, 0.05) is 18.3 Å². The number of ether oxygens (including phenoxy) is 1. The molecule has 0 aromatic carbocycles. The van der Waals surface area contributed by atoms with E-state index in [1.807, 2.05) is 6.92 Å². The minimum atomic E-state index is 0.386. The van der Waals surface area contributed by atoms with Gasteiger partial charge < -0.3 is 10.1 Å². The third kappa shape index (κ3) is 4.32. The first kappa shape index (κ1) is 14.5. The van der Waals surface area contributed by atoms with Gasteiger partial charge in [-0.1, -0.05) is 0 Å². The van der Waals surface area contributed by atoms with Gasteiger partial charge in [0.05, 0.1) is 17.9 Å². The van der Waals surface area contributed by atoms with E-state index in [0.29, 0.717) is 18.2 Å². The fraction of sp³-hybridized carbons (Fsp3) is 0.800. The van der Waals surface area contributed by atoms with Crippen molar-refractivity contribution in [2.24, 2.45) is 0 Å². The third-order valence-electron chi connectivity index (χ3n) is 3.78. The molecule has 108 valence electrons. The Labute approximate surface area is 116 Å². The van der Waals surface area contributed by atoms with Crippen molar-refractivity contribution >= 4 is 0 Å². The van der Waals surface area contributed by atoms with Gasteiger partial charge in [0.2, 0.25) is 0 Å². The summed E-state index contributed by atoms with van der Waals surface area (Å²) in [5, 5.41) is 8.15. The second-order valence-electron chi connectivity index (χ2n) is 5.88. The summed E-state index contributed by atoms with van der Waals surface area (Å²) in [6, 6.07) is 2.74. The minimum absolute atomic E-state index is 0.386. The van der Waals surface area contributed by atoms with Gasteiger partial charge in [0.15, 0.2) is 0 Å². The molecular formula is C15H27N3O. The third-order valence-corrected chi connectivity index (χ3v) is 3.78. The number of rotatable bonds is 5. The molecule has 2 unspecified atom stereocenters. The highest BCUT2D eigenvalue weighted by Gasteiger charge is 2.23. The van der Waals surface area contributed by atoms with E-state index in [9.17, 15) is 0 Å². The van der Waals surface area contributed by atoms with Gasteiger partial charge in [-0.25, -0.2) is 0 Å². The molecule has 0 amide bonds. The quantitative estimate of drug-likeness (QED) is 0.831. The number of hydrogen-bond acceptors (Lipinski definition) is 3. The van der Waals surface area contributed by atoms with Crippen LogP contribution in [0.4, 0.5) is 0 Å². The maximum absolute atomic E-state index is 5.76. The van der Waals surface area contributed by atoms with Gasteiger partial charge in [-0.05, 0) is 59.6 Å². The maximum Gasteiger partial charge on any atom is 0.0596 e. The van der Waals surface area contributed by atoms with E-state index in [4.69, 9.17) is 4.74 Å². The molecule has 1 aliphatic heterocycles. The van der Waals surface area contributed by atoms with Crippen molar-refractivity contribution in [3.05, 3.63) is 17.5 Å². The summed E-state index contributed by atoms with van der Waals surface area (Å²) in [6.45, 7) is 10.6. The number of nitrogens with one attached hydrogen (secondary N) is 1. The van der Waals surface area contributed by atoms with Crippen LogP contribution in [0.3, 0.4) is 0 Å². The summed E-state index contributed by atoms with van der Waals surface area (Å²) in [5.41, 5.74) is 2.36. The van der Waals surface area contributed by atoms with E-state index in [2.05, 4.69) is 41.9 Å². The summed E-state index contributed by atoms with van der Waals surface area (Å²) in [4.78, 5) is 0. The lowest BCUT2D eigenvalue weighted by Crippen LogP contribution is -2.41. The molecule has 1 aromatic heterocycles. The lowest BCUT2D eigenvalue weighted by Gasteiger charge is -2.32. The number of aromatic nitrogens is 2. The van der Waals surface area contributed by atoms with Crippen LogP contribution in [0.5, 0.6) is 0 Å². The maximum atomic E-state index is 5.76. The Hall–Kier alpha value is -0.870. The Kier molecular flexibility index (Phi) is 4.99. The molecule has 2 atom stereocenters. The molecule has 0 aliphatic carbocycles. The molecule has 4 nitrogen and oxygen atoms in total. The van der Waals surface area contributed by atoms with Gasteiger partial charge >= 0.3 is 0 Å². The molecule has 1 fully saturated rings. The number of hydrogen-bond donors (Lipinski definition) is 1. The Morgan fingerprint density at radius 2 is 2.00 bits per heavy atom. The molecule has 0 spiro atoms. The van der Waals surface area contributed by atoms with E-state index in [1.54, 1.807) is 0 Å². The van der Waals surface area contributed by atoms with Gasteiger partial charge in [-0.15, -0.1) is 0 Å². The standard InChI is InChI=1S/C15H27N3O/c1-11-8-12(2)18(17-11)7-5-6-16-15-9-13(3)19-14(4)10-15/h8,13-16H,5-7,9-10H2,1-4H3. The lowest BCUT2D eigenvalue weighted by atomic mass is 10.00. The molecule has 4 heteroatoms. The number of aryl methyl sites for hydroxylation is 3. The Morgan fingerprint density at radius 3 is 2.58 bits per heavy atom. The summed E-state index contributed by atoms with van der Waals surface area (Å²) >= 11 is 0. The first-order valence-electron chi connectivity index (χ1n) is 7.44. The molecule has 2 rings (SSSR count). The molecule has 2 heterocycles. The van der Waals surface area contributed by atoms with Crippen LogP contribution >= 0.6 is 0 Å². The zero-order valence-electron chi connectivity index (χ0n) is 12.6. The second kappa shape index (κ2) is 6.53. The van der Waals surface area contributed by atoms with Crippen LogP contribution in [0.1, 0.15) is 44.5 Å². The van der Waals surface area contributed by atoms with Gasteiger partial charge in [-0.2, -0.15) is 5.10 Å². The fourth-order valence-electron chi connectivity index (χ4n) is 3.01. The Balaban J connectivity index is 1.68. The van der Waals surface area contributed by atoms with Crippen molar-refractivity contribution < 1.29 is 4.74 Å². The van der Waals surface area contributed by atoms with Crippen molar-refractivity contribution in [1.29, 1.82) is 0 Å². The van der Waals surface area contributed by atoms with Crippen LogP contribution < -0.4 is 5.32 Å². The molecule has 0 bridgehead atoms. The predicted octanol–water partition coefficient (Wildman–Crippen LogP) is 2.44. The topological polar surface area (TPSA) is 39.1 Å². The average molecular weight is 265 g/mol. The van der Waals surface area contributed by atoms with E-state index in [1.165, 1.54) is 5.69 Å². The predicted molar refractivity (Wildman–Crippen MR) is 77.4 cm³/mol. The normalized spacial score (nSPS) is 27.7. The molecule has 1 aliphatic rings. The highest BCUT2D eigenvalue weighted by Crippen LogP contribution is 2.18. The van der Waals surface area contributed by atoms with Crippen molar-refractivity contribution in [3.8, 4) is 0 Å². The monoisotopic (exact) mass is 265 g/mol. The van der Waals surface area contributed by atoms with Gasteiger partial charge in [0.25, 0.3) is 0 Å².